The molecule has 19 heavy (non-hydrogen) atoms. The highest BCUT2D eigenvalue weighted by Crippen LogP contribution is 2.28. The molecule has 0 amide bonds. The van der Waals surface area contributed by atoms with E-state index in [0.29, 0.717) is 0 Å². The smallest absolute Gasteiger partial charge is 0.341 e. The molecular weight excluding hydrogens is 274 g/mol. The molecule has 0 aliphatic rings. The topological polar surface area (TPSA) is 116 Å². The second kappa shape index (κ2) is 6.95. The molecule has 1 aromatic rings. The molecule has 0 saturated heterocycles. The minimum atomic E-state index is -4.51. The largest absolute Gasteiger partial charge is 0.496 e. The van der Waals surface area contributed by atoms with Gasteiger partial charge in [0, 0.05) is 6.07 Å². The Labute approximate surface area is 112 Å². The highest BCUT2D eigenvalue weighted by molar-refractivity contribution is 7.86. The lowest BCUT2D eigenvalue weighted by Gasteiger charge is -2.10. The Morgan fingerprint density at radius 3 is 2.16 bits per heavy atom. The van der Waals surface area contributed by atoms with Gasteiger partial charge in [0.25, 0.3) is 10.1 Å². The molecule has 8 heteroatoms. The van der Waals surface area contributed by atoms with Crippen molar-refractivity contribution in [3.63, 3.8) is 0 Å². The number of anilines is 1. The molecule has 0 radical (unpaired) electrons. The summed E-state index contributed by atoms with van der Waals surface area (Å²) in [6.07, 6.45) is 0. The van der Waals surface area contributed by atoms with Crippen molar-refractivity contribution < 1.29 is 27.2 Å². The Kier molecular flexibility index (Phi) is 6.30. The van der Waals surface area contributed by atoms with Crippen molar-refractivity contribution in [3.05, 3.63) is 17.7 Å². The molecule has 0 bridgehead atoms. The third-order valence-corrected chi connectivity index (χ3v) is 2.92. The van der Waals surface area contributed by atoms with Crippen LogP contribution in [0.15, 0.2) is 17.0 Å². The first-order valence-corrected chi connectivity index (χ1v) is 6.78. The van der Waals surface area contributed by atoms with Gasteiger partial charge in [-0.15, -0.1) is 0 Å². The van der Waals surface area contributed by atoms with E-state index in [1.165, 1.54) is 7.11 Å². The van der Waals surface area contributed by atoms with Gasteiger partial charge in [-0.25, -0.2) is 4.79 Å². The molecule has 0 aliphatic carbocycles. The van der Waals surface area contributed by atoms with Gasteiger partial charge in [0.1, 0.15) is 16.2 Å². The predicted molar refractivity (Wildman–Crippen MR) is 69.9 cm³/mol. The van der Waals surface area contributed by atoms with Gasteiger partial charge < -0.3 is 15.2 Å². The summed E-state index contributed by atoms with van der Waals surface area (Å²) in [6, 6.07) is 2.02. The number of nitrogens with two attached hydrogens (primary N) is 1. The van der Waals surface area contributed by atoms with Gasteiger partial charge in [0.15, 0.2) is 0 Å². The number of hydrogen-bond donors (Lipinski definition) is 2. The third-order valence-electron chi connectivity index (χ3n) is 2.02. The summed E-state index contributed by atoms with van der Waals surface area (Å²) in [4.78, 5) is 10.8. The molecule has 3 N–H and O–H groups in total. The lowest BCUT2D eigenvalue weighted by molar-refractivity contribution is 0.0597. The summed E-state index contributed by atoms with van der Waals surface area (Å²) >= 11 is 0. The number of benzene rings is 1. The maximum Gasteiger partial charge on any atom is 0.341 e. The highest BCUT2D eigenvalue weighted by Gasteiger charge is 2.21. The Morgan fingerprint density at radius 1 is 1.26 bits per heavy atom. The second-order valence-corrected chi connectivity index (χ2v) is 4.45. The van der Waals surface area contributed by atoms with E-state index in [-0.39, 0.29) is 17.0 Å². The number of rotatable bonds is 3. The molecule has 0 fully saturated rings. The Balaban J connectivity index is 0.00000154. The van der Waals surface area contributed by atoms with E-state index in [2.05, 4.69) is 4.74 Å². The average molecular weight is 291 g/mol. The number of carbonyl (C=O) groups excluding carboxylic acids is 1. The minimum Gasteiger partial charge on any atom is -0.496 e. The highest BCUT2D eigenvalue weighted by atomic mass is 32.2. The van der Waals surface area contributed by atoms with Crippen molar-refractivity contribution in [3.8, 4) is 5.75 Å². The first-order valence-electron chi connectivity index (χ1n) is 5.34. The van der Waals surface area contributed by atoms with Crippen molar-refractivity contribution in [2.45, 2.75) is 18.7 Å². The van der Waals surface area contributed by atoms with Crippen molar-refractivity contribution in [1.29, 1.82) is 0 Å². The monoisotopic (exact) mass is 291 g/mol. The predicted octanol–water partition coefficient (Wildman–Crippen LogP) is 1.34. The molecule has 0 saturated carbocycles. The molecule has 0 aliphatic heterocycles. The summed E-state index contributed by atoms with van der Waals surface area (Å²) in [5.74, 6) is -0.742. The summed E-state index contributed by atoms with van der Waals surface area (Å²) in [5, 5.41) is 0. The van der Waals surface area contributed by atoms with E-state index < -0.39 is 21.0 Å². The van der Waals surface area contributed by atoms with E-state index in [1.807, 2.05) is 13.8 Å². The number of nitrogen functional groups attached to an aromatic ring is 1. The van der Waals surface area contributed by atoms with Gasteiger partial charge in [0.2, 0.25) is 0 Å². The zero-order chi connectivity index (χ0) is 15.2. The molecule has 108 valence electrons. The zero-order valence-electron chi connectivity index (χ0n) is 11.1. The van der Waals surface area contributed by atoms with E-state index in [1.54, 1.807) is 0 Å². The van der Waals surface area contributed by atoms with Crippen LogP contribution in [0.5, 0.6) is 5.75 Å². The lowest BCUT2D eigenvalue weighted by Crippen LogP contribution is -2.09. The number of hydrogen-bond acceptors (Lipinski definition) is 6. The lowest BCUT2D eigenvalue weighted by atomic mass is 10.2. The van der Waals surface area contributed by atoms with Crippen LogP contribution in [0, 0.1) is 0 Å². The minimum absolute atomic E-state index is 0.0572. The van der Waals surface area contributed by atoms with Crippen molar-refractivity contribution in [1.82, 2.24) is 0 Å². The summed E-state index contributed by atoms with van der Waals surface area (Å²) in [5.41, 5.74) is 5.06. The molecule has 0 spiro atoms. The van der Waals surface area contributed by atoms with Crippen LogP contribution in [-0.4, -0.2) is 33.2 Å². The number of esters is 1. The fourth-order valence-electron chi connectivity index (χ4n) is 1.24. The van der Waals surface area contributed by atoms with Crippen LogP contribution in [0.4, 0.5) is 5.69 Å². The molecule has 0 aromatic heterocycles. The van der Waals surface area contributed by atoms with Crippen molar-refractivity contribution >= 4 is 21.8 Å². The van der Waals surface area contributed by atoms with E-state index in [9.17, 15) is 13.2 Å². The van der Waals surface area contributed by atoms with Crippen LogP contribution in [0.2, 0.25) is 0 Å². The molecule has 0 unspecified atom stereocenters. The first-order chi connectivity index (χ1) is 8.81. The SMILES string of the molecule is CC.COC(=O)c1cc(S(=O)(=O)O)c(N)cc1OC. The quantitative estimate of drug-likeness (QED) is 0.490. The number of ether oxygens (including phenoxy) is 2. The van der Waals surface area contributed by atoms with Gasteiger partial charge in [-0.1, -0.05) is 13.8 Å². The van der Waals surface area contributed by atoms with Crippen LogP contribution in [0.3, 0.4) is 0 Å². The maximum absolute atomic E-state index is 11.4. The van der Waals surface area contributed by atoms with Gasteiger partial charge in [-0.05, 0) is 6.07 Å². The van der Waals surface area contributed by atoms with Crippen LogP contribution in [0.25, 0.3) is 0 Å². The average Bonchev–Trinajstić information content (AvgIpc) is 2.38. The molecule has 0 heterocycles. The van der Waals surface area contributed by atoms with E-state index in [4.69, 9.17) is 15.0 Å². The number of carbonyl (C=O) groups is 1. The Bertz CT molecular complexity index is 553. The van der Waals surface area contributed by atoms with Crippen LogP contribution < -0.4 is 10.5 Å². The van der Waals surface area contributed by atoms with Crippen LogP contribution in [0.1, 0.15) is 24.2 Å². The van der Waals surface area contributed by atoms with E-state index >= 15 is 0 Å². The molecule has 7 nitrogen and oxygen atoms in total. The normalized spacial score (nSPS) is 10.2. The standard InChI is InChI=1S/C9H11NO6S.C2H6/c1-15-7-4-6(10)8(17(12,13)14)3-5(7)9(11)16-2;1-2/h3-4H,10H2,1-2H3,(H,12,13,14);1-2H3. The second-order valence-electron chi connectivity index (χ2n) is 3.06. The van der Waals surface area contributed by atoms with Gasteiger partial charge in [-0.2, -0.15) is 8.42 Å². The Hall–Kier alpha value is -1.80. The van der Waals surface area contributed by atoms with Gasteiger partial charge in [-0.3, -0.25) is 4.55 Å². The maximum atomic E-state index is 11.4. The summed E-state index contributed by atoms with van der Waals surface area (Å²) < 4.78 is 40.2. The fraction of sp³-hybridized carbons (Fsp3) is 0.364. The van der Waals surface area contributed by atoms with E-state index in [0.717, 1.165) is 19.2 Å². The van der Waals surface area contributed by atoms with Crippen LogP contribution >= 0.6 is 0 Å². The van der Waals surface area contributed by atoms with Crippen molar-refractivity contribution in [2.75, 3.05) is 20.0 Å². The van der Waals surface area contributed by atoms with Gasteiger partial charge >= 0.3 is 5.97 Å². The van der Waals surface area contributed by atoms with Crippen molar-refractivity contribution in [2.24, 2.45) is 0 Å². The number of methoxy groups -OCH3 is 2. The third kappa shape index (κ3) is 4.11. The fourth-order valence-corrected chi connectivity index (χ4v) is 1.86. The first kappa shape index (κ1) is 17.2. The molecule has 1 rings (SSSR count). The zero-order valence-corrected chi connectivity index (χ0v) is 11.9. The Morgan fingerprint density at radius 2 is 1.79 bits per heavy atom. The summed E-state index contributed by atoms with van der Waals surface area (Å²) in [6.45, 7) is 4.00. The molecule has 1 aromatic carbocycles. The summed E-state index contributed by atoms with van der Waals surface area (Å²) in [7, 11) is -2.09. The molecular formula is C11H17NO6S. The molecule has 0 atom stereocenters. The van der Waals surface area contributed by atoms with Crippen LogP contribution in [-0.2, 0) is 14.9 Å². The van der Waals surface area contributed by atoms with Gasteiger partial charge in [0.05, 0.1) is 19.9 Å².